The molecule has 0 aliphatic carbocycles. The molecule has 0 aromatic heterocycles. The van der Waals surface area contributed by atoms with Gasteiger partial charge in [0.05, 0.1) is 23.2 Å². The monoisotopic (exact) mass is 479 g/mol. The number of anilines is 2. The quantitative estimate of drug-likeness (QED) is 0.529. The highest BCUT2D eigenvalue weighted by Gasteiger charge is 2.20. The molecule has 2 rings (SSSR count). The van der Waals surface area contributed by atoms with Crippen LogP contribution in [0.5, 0.6) is 0 Å². The summed E-state index contributed by atoms with van der Waals surface area (Å²) >= 11 is 6.05. The number of benzene rings is 2. The molecule has 0 aliphatic rings. The Morgan fingerprint density at radius 3 is 2.50 bits per heavy atom. The summed E-state index contributed by atoms with van der Waals surface area (Å²) in [5.74, 6) is -0.556. The molecule has 0 unspecified atom stereocenters. The van der Waals surface area contributed by atoms with Crippen LogP contribution in [0, 0.1) is 6.92 Å². The highest BCUT2D eigenvalue weighted by molar-refractivity contribution is 7.92. The predicted octanol–water partition coefficient (Wildman–Crippen LogP) is 4.36. The van der Waals surface area contributed by atoms with E-state index in [2.05, 4.69) is 10.6 Å². The Bertz CT molecular complexity index is 1070. The first-order chi connectivity index (χ1) is 15.0. The van der Waals surface area contributed by atoms with E-state index in [0.717, 1.165) is 18.2 Å². The Labute approximate surface area is 195 Å². The largest absolute Gasteiger partial charge is 0.350 e. The third kappa shape index (κ3) is 7.24. The van der Waals surface area contributed by atoms with E-state index in [1.165, 1.54) is 4.31 Å². The minimum Gasteiger partial charge on any atom is -0.350 e. The molecule has 0 fully saturated rings. The van der Waals surface area contributed by atoms with Crippen LogP contribution >= 0.6 is 11.6 Å². The Morgan fingerprint density at radius 2 is 1.84 bits per heavy atom. The van der Waals surface area contributed by atoms with Gasteiger partial charge in [-0.25, -0.2) is 8.42 Å². The minimum absolute atomic E-state index is 0.0168. The van der Waals surface area contributed by atoms with Crippen LogP contribution in [0.1, 0.15) is 49.0 Å². The normalized spacial score (nSPS) is 12.2. The number of sulfonamides is 1. The summed E-state index contributed by atoms with van der Waals surface area (Å²) < 4.78 is 25.9. The Morgan fingerprint density at radius 1 is 1.16 bits per heavy atom. The molecule has 0 bridgehead atoms. The number of carbonyl (C=O) groups is 2. The lowest BCUT2D eigenvalue weighted by Crippen LogP contribution is -2.33. The predicted molar refractivity (Wildman–Crippen MR) is 130 cm³/mol. The zero-order valence-electron chi connectivity index (χ0n) is 18.8. The molecule has 9 heteroatoms. The van der Waals surface area contributed by atoms with Gasteiger partial charge in [0.15, 0.2) is 0 Å². The van der Waals surface area contributed by atoms with E-state index in [0.29, 0.717) is 28.4 Å². The first-order valence-corrected chi connectivity index (χ1v) is 12.7. The molecule has 2 aromatic carbocycles. The van der Waals surface area contributed by atoms with E-state index in [4.69, 9.17) is 11.6 Å². The highest BCUT2D eigenvalue weighted by Crippen LogP contribution is 2.26. The Balaban J connectivity index is 2.05. The molecular formula is C23H30ClN3O4S. The van der Waals surface area contributed by atoms with Gasteiger partial charge >= 0.3 is 0 Å². The van der Waals surface area contributed by atoms with Crippen LogP contribution in [0.15, 0.2) is 42.5 Å². The average Bonchev–Trinajstić information content (AvgIpc) is 2.72. The molecule has 7 nitrogen and oxygen atoms in total. The molecule has 174 valence electrons. The highest BCUT2D eigenvalue weighted by atomic mass is 35.5. The van der Waals surface area contributed by atoms with Gasteiger partial charge in [0, 0.05) is 24.0 Å². The molecule has 2 aromatic rings. The molecule has 0 heterocycles. The van der Waals surface area contributed by atoms with E-state index in [1.54, 1.807) is 49.4 Å². The van der Waals surface area contributed by atoms with Crippen molar-refractivity contribution in [1.82, 2.24) is 5.32 Å². The zero-order chi connectivity index (χ0) is 23.9. The summed E-state index contributed by atoms with van der Waals surface area (Å²) in [6.45, 7) is 5.82. The second-order valence-corrected chi connectivity index (χ2v) is 10.1. The topological polar surface area (TPSA) is 95.6 Å². The SMILES string of the molecule is CC[C@@H](C)NC(=O)c1ccccc1NC(=O)CCCN(c1cc(Cl)ccc1C)S(C)(=O)=O. The first-order valence-electron chi connectivity index (χ1n) is 10.5. The number of para-hydroxylation sites is 1. The molecule has 2 amide bonds. The summed E-state index contributed by atoms with van der Waals surface area (Å²) in [4.78, 5) is 25.0. The van der Waals surface area contributed by atoms with Crippen LogP contribution < -0.4 is 14.9 Å². The van der Waals surface area contributed by atoms with Crippen molar-refractivity contribution in [2.24, 2.45) is 0 Å². The van der Waals surface area contributed by atoms with Crippen LogP contribution in [0.25, 0.3) is 0 Å². The molecule has 2 N–H and O–H groups in total. The van der Waals surface area contributed by atoms with Gasteiger partial charge in [-0.2, -0.15) is 0 Å². The summed E-state index contributed by atoms with van der Waals surface area (Å²) in [6, 6.07) is 11.9. The summed E-state index contributed by atoms with van der Waals surface area (Å²) in [6.07, 6.45) is 2.31. The Hall–Kier alpha value is -2.58. The average molecular weight is 480 g/mol. The van der Waals surface area contributed by atoms with Crippen LogP contribution in [0.2, 0.25) is 5.02 Å². The lowest BCUT2D eigenvalue weighted by molar-refractivity contribution is -0.116. The molecule has 0 spiro atoms. The summed E-state index contributed by atoms with van der Waals surface area (Å²) in [5, 5.41) is 6.09. The molecule has 1 atom stereocenters. The van der Waals surface area contributed by atoms with E-state index in [-0.39, 0.29) is 30.8 Å². The number of amides is 2. The maximum atomic E-state index is 12.5. The fourth-order valence-electron chi connectivity index (χ4n) is 3.11. The van der Waals surface area contributed by atoms with Gasteiger partial charge in [-0.15, -0.1) is 0 Å². The van der Waals surface area contributed by atoms with Gasteiger partial charge in [0.1, 0.15) is 0 Å². The van der Waals surface area contributed by atoms with Gasteiger partial charge in [-0.3, -0.25) is 13.9 Å². The van der Waals surface area contributed by atoms with E-state index in [9.17, 15) is 18.0 Å². The van der Waals surface area contributed by atoms with Crippen molar-refractivity contribution in [2.75, 3.05) is 22.4 Å². The van der Waals surface area contributed by atoms with Crippen molar-refractivity contribution in [2.45, 2.75) is 46.1 Å². The van der Waals surface area contributed by atoms with Crippen molar-refractivity contribution in [3.05, 3.63) is 58.6 Å². The fraction of sp³-hybridized carbons (Fsp3) is 0.391. The molecular weight excluding hydrogens is 450 g/mol. The van der Waals surface area contributed by atoms with Gasteiger partial charge in [0.25, 0.3) is 5.91 Å². The molecule has 0 saturated carbocycles. The molecule has 0 saturated heterocycles. The number of rotatable bonds is 10. The fourth-order valence-corrected chi connectivity index (χ4v) is 4.29. The molecule has 0 aliphatic heterocycles. The van der Waals surface area contributed by atoms with Gasteiger partial charge < -0.3 is 10.6 Å². The van der Waals surface area contributed by atoms with Crippen molar-refractivity contribution < 1.29 is 18.0 Å². The van der Waals surface area contributed by atoms with Crippen LogP contribution in [-0.2, 0) is 14.8 Å². The van der Waals surface area contributed by atoms with Gasteiger partial charge in [-0.05, 0) is 56.5 Å². The lowest BCUT2D eigenvalue weighted by Gasteiger charge is -2.24. The molecule has 32 heavy (non-hydrogen) atoms. The molecule has 0 radical (unpaired) electrons. The van der Waals surface area contributed by atoms with Crippen LogP contribution in [0.4, 0.5) is 11.4 Å². The van der Waals surface area contributed by atoms with Crippen molar-refractivity contribution in [3.8, 4) is 0 Å². The number of hydrogen-bond donors (Lipinski definition) is 2. The maximum Gasteiger partial charge on any atom is 0.253 e. The number of nitrogens with zero attached hydrogens (tertiary/aromatic N) is 1. The minimum atomic E-state index is -3.56. The third-order valence-corrected chi connectivity index (χ3v) is 6.46. The first kappa shape index (κ1) is 25.7. The second kappa shape index (κ2) is 11.3. The summed E-state index contributed by atoms with van der Waals surface area (Å²) in [5.41, 5.74) is 2.07. The van der Waals surface area contributed by atoms with Crippen molar-refractivity contribution in [1.29, 1.82) is 0 Å². The van der Waals surface area contributed by atoms with Crippen molar-refractivity contribution >= 4 is 44.8 Å². The van der Waals surface area contributed by atoms with E-state index < -0.39 is 10.0 Å². The zero-order valence-corrected chi connectivity index (χ0v) is 20.4. The second-order valence-electron chi connectivity index (χ2n) is 7.75. The third-order valence-electron chi connectivity index (χ3n) is 5.04. The standard InChI is InChI=1S/C23H30ClN3O4S/c1-5-17(3)25-23(29)19-9-6-7-10-20(19)26-22(28)11-8-14-27(32(4,30)31)21-15-18(24)13-12-16(21)2/h6-7,9-10,12-13,15,17H,5,8,11,14H2,1-4H3,(H,25,29)(H,26,28)/t17-/m1/s1. The number of halogens is 1. The number of aryl methyl sites for hydroxylation is 1. The maximum absolute atomic E-state index is 12.5. The van der Waals surface area contributed by atoms with E-state index in [1.807, 2.05) is 13.8 Å². The smallest absolute Gasteiger partial charge is 0.253 e. The summed E-state index contributed by atoms with van der Waals surface area (Å²) in [7, 11) is -3.56. The number of carbonyl (C=O) groups excluding carboxylic acids is 2. The lowest BCUT2D eigenvalue weighted by atomic mass is 10.1. The Kier molecular flexibility index (Phi) is 9.09. The number of hydrogen-bond acceptors (Lipinski definition) is 4. The van der Waals surface area contributed by atoms with Crippen LogP contribution in [0.3, 0.4) is 0 Å². The number of nitrogens with one attached hydrogen (secondary N) is 2. The van der Waals surface area contributed by atoms with Gasteiger partial charge in [-0.1, -0.05) is 36.7 Å². The van der Waals surface area contributed by atoms with Crippen LogP contribution in [-0.4, -0.2) is 39.1 Å². The van der Waals surface area contributed by atoms with Crippen molar-refractivity contribution in [3.63, 3.8) is 0 Å². The van der Waals surface area contributed by atoms with Gasteiger partial charge in [0.2, 0.25) is 15.9 Å². The van der Waals surface area contributed by atoms with E-state index >= 15 is 0 Å².